The van der Waals surface area contributed by atoms with Crippen molar-refractivity contribution in [1.82, 2.24) is 0 Å². The third-order valence-electron chi connectivity index (χ3n) is 3.14. The largest absolute Gasteiger partial charge is 0.491 e. The Morgan fingerprint density at radius 1 is 1.44 bits per heavy atom. The lowest BCUT2D eigenvalue weighted by Gasteiger charge is -2.12. The fourth-order valence-electron chi connectivity index (χ4n) is 1.71. The second kappa shape index (κ2) is 4.92. The molecule has 1 aromatic carbocycles. The third kappa shape index (κ3) is 2.86. The van der Waals surface area contributed by atoms with Crippen LogP contribution in [0.3, 0.4) is 0 Å². The van der Waals surface area contributed by atoms with E-state index >= 15 is 0 Å². The molecule has 2 unspecified atom stereocenters. The first kappa shape index (κ1) is 13.4. The van der Waals surface area contributed by atoms with Gasteiger partial charge in [-0.2, -0.15) is 0 Å². The van der Waals surface area contributed by atoms with Crippen LogP contribution in [-0.2, 0) is 4.79 Å². The summed E-state index contributed by atoms with van der Waals surface area (Å²) in [5.41, 5.74) is 0.552. The number of hydrogen-bond acceptors (Lipinski definition) is 2. The van der Waals surface area contributed by atoms with E-state index in [1.54, 1.807) is 0 Å². The topological polar surface area (TPSA) is 38.3 Å². The summed E-state index contributed by atoms with van der Waals surface area (Å²) >= 11 is 3.48. The quantitative estimate of drug-likeness (QED) is 0.863. The van der Waals surface area contributed by atoms with Crippen molar-refractivity contribution < 1.29 is 9.53 Å². The van der Waals surface area contributed by atoms with Crippen LogP contribution in [0.5, 0.6) is 5.75 Å². The molecule has 4 heteroatoms. The lowest BCUT2D eigenvalue weighted by Crippen LogP contribution is -2.23. The molecule has 0 aromatic heterocycles. The molecule has 0 bridgehead atoms. The SMILES string of the molecule is CC(C)Oc1ccc(NC(=O)C2(C)CC2Br)cc1. The van der Waals surface area contributed by atoms with Crippen LogP contribution >= 0.6 is 15.9 Å². The summed E-state index contributed by atoms with van der Waals surface area (Å²) in [6.45, 7) is 5.94. The van der Waals surface area contributed by atoms with Gasteiger partial charge in [0.25, 0.3) is 0 Å². The Balaban J connectivity index is 1.96. The van der Waals surface area contributed by atoms with Gasteiger partial charge in [0.1, 0.15) is 5.75 Å². The number of carbonyl (C=O) groups excluding carboxylic acids is 1. The number of anilines is 1. The van der Waals surface area contributed by atoms with Crippen molar-refractivity contribution in [3.05, 3.63) is 24.3 Å². The first-order chi connectivity index (χ1) is 8.41. The molecule has 1 saturated carbocycles. The fraction of sp³-hybridized carbons (Fsp3) is 0.500. The van der Waals surface area contributed by atoms with Gasteiger partial charge in [0.05, 0.1) is 11.5 Å². The highest BCUT2D eigenvalue weighted by molar-refractivity contribution is 9.09. The van der Waals surface area contributed by atoms with Crippen LogP contribution in [-0.4, -0.2) is 16.8 Å². The van der Waals surface area contributed by atoms with Gasteiger partial charge in [0.2, 0.25) is 5.91 Å². The summed E-state index contributed by atoms with van der Waals surface area (Å²) in [6.07, 6.45) is 1.05. The number of hydrogen-bond donors (Lipinski definition) is 1. The minimum Gasteiger partial charge on any atom is -0.491 e. The molecule has 1 aromatic rings. The van der Waals surface area contributed by atoms with Gasteiger partial charge >= 0.3 is 0 Å². The molecule has 1 aliphatic carbocycles. The van der Waals surface area contributed by atoms with Gasteiger partial charge in [-0.05, 0) is 51.5 Å². The lowest BCUT2D eigenvalue weighted by atomic mass is 10.1. The average molecular weight is 312 g/mol. The predicted molar refractivity (Wildman–Crippen MR) is 76.3 cm³/mol. The van der Waals surface area contributed by atoms with E-state index in [0.29, 0.717) is 4.83 Å². The Morgan fingerprint density at radius 3 is 2.44 bits per heavy atom. The van der Waals surface area contributed by atoms with Crippen molar-refractivity contribution in [1.29, 1.82) is 0 Å². The lowest BCUT2D eigenvalue weighted by molar-refractivity contribution is -0.120. The molecule has 1 aliphatic rings. The van der Waals surface area contributed by atoms with Crippen LogP contribution in [0.2, 0.25) is 0 Å². The van der Waals surface area contributed by atoms with Crippen LogP contribution in [0.25, 0.3) is 0 Å². The molecule has 18 heavy (non-hydrogen) atoms. The summed E-state index contributed by atoms with van der Waals surface area (Å²) in [4.78, 5) is 12.3. The normalized spacial score (nSPS) is 25.9. The third-order valence-corrected chi connectivity index (χ3v) is 4.47. The Labute approximate surface area is 116 Å². The van der Waals surface area contributed by atoms with E-state index < -0.39 is 0 Å². The van der Waals surface area contributed by atoms with Gasteiger partial charge in [0, 0.05) is 10.5 Å². The van der Waals surface area contributed by atoms with E-state index in [2.05, 4.69) is 21.2 Å². The Hall–Kier alpha value is -1.03. The molecule has 0 radical (unpaired) electrons. The van der Waals surface area contributed by atoms with Crippen molar-refractivity contribution >= 4 is 27.5 Å². The van der Waals surface area contributed by atoms with Gasteiger partial charge in [0.15, 0.2) is 0 Å². The maximum Gasteiger partial charge on any atom is 0.231 e. The molecule has 3 nitrogen and oxygen atoms in total. The molecular weight excluding hydrogens is 294 g/mol. The van der Waals surface area contributed by atoms with Crippen molar-refractivity contribution in [3.63, 3.8) is 0 Å². The summed E-state index contributed by atoms with van der Waals surface area (Å²) < 4.78 is 5.55. The maximum atomic E-state index is 12.0. The predicted octanol–water partition coefficient (Wildman–Crippen LogP) is 3.59. The maximum absolute atomic E-state index is 12.0. The summed E-state index contributed by atoms with van der Waals surface area (Å²) in [7, 11) is 0. The number of halogens is 1. The van der Waals surface area contributed by atoms with Crippen LogP contribution < -0.4 is 10.1 Å². The van der Waals surface area contributed by atoms with E-state index in [4.69, 9.17) is 4.74 Å². The molecule has 1 N–H and O–H groups in total. The Kier molecular flexibility index (Phi) is 3.66. The average Bonchev–Trinajstić information content (AvgIpc) is 2.90. The van der Waals surface area contributed by atoms with Crippen molar-refractivity contribution in [3.8, 4) is 5.75 Å². The molecule has 2 atom stereocenters. The van der Waals surface area contributed by atoms with Gasteiger partial charge in [-0.25, -0.2) is 0 Å². The van der Waals surface area contributed by atoms with Crippen LogP contribution in [0.15, 0.2) is 24.3 Å². The fourth-order valence-corrected chi connectivity index (χ4v) is 2.59. The molecular formula is C14H18BrNO2. The second-order valence-electron chi connectivity index (χ2n) is 5.23. The van der Waals surface area contributed by atoms with Crippen molar-refractivity contribution in [2.24, 2.45) is 5.41 Å². The molecule has 1 fully saturated rings. The van der Waals surface area contributed by atoms with E-state index in [1.165, 1.54) is 0 Å². The number of rotatable bonds is 4. The molecule has 0 aliphatic heterocycles. The number of ether oxygens (including phenoxy) is 1. The van der Waals surface area contributed by atoms with Gasteiger partial charge < -0.3 is 10.1 Å². The van der Waals surface area contributed by atoms with Gasteiger partial charge in [-0.3, -0.25) is 4.79 Å². The van der Waals surface area contributed by atoms with E-state index in [0.717, 1.165) is 17.9 Å². The smallest absolute Gasteiger partial charge is 0.231 e. The van der Waals surface area contributed by atoms with Crippen LogP contribution in [0, 0.1) is 5.41 Å². The minimum atomic E-state index is -0.257. The number of benzene rings is 1. The standard InChI is InChI=1S/C14H18BrNO2/c1-9(2)18-11-6-4-10(5-7-11)16-13(17)14(3)8-12(14)15/h4-7,9,12H,8H2,1-3H3,(H,16,17). The highest BCUT2D eigenvalue weighted by atomic mass is 79.9. The highest BCUT2D eigenvalue weighted by Gasteiger charge is 2.54. The van der Waals surface area contributed by atoms with Gasteiger partial charge in [-0.15, -0.1) is 0 Å². The Morgan fingerprint density at radius 2 is 2.00 bits per heavy atom. The van der Waals surface area contributed by atoms with Crippen LogP contribution in [0.1, 0.15) is 27.2 Å². The number of carbonyl (C=O) groups is 1. The number of nitrogens with one attached hydrogen (secondary N) is 1. The summed E-state index contributed by atoms with van der Waals surface area (Å²) in [5, 5.41) is 2.93. The minimum absolute atomic E-state index is 0.0712. The molecule has 0 heterocycles. The van der Waals surface area contributed by atoms with Gasteiger partial charge in [-0.1, -0.05) is 15.9 Å². The zero-order valence-corrected chi connectivity index (χ0v) is 12.5. The van der Waals surface area contributed by atoms with E-state index in [1.807, 2.05) is 45.0 Å². The molecule has 98 valence electrons. The summed E-state index contributed by atoms with van der Waals surface area (Å²) in [5.74, 6) is 0.890. The van der Waals surface area contributed by atoms with Crippen LogP contribution in [0.4, 0.5) is 5.69 Å². The zero-order valence-electron chi connectivity index (χ0n) is 10.9. The number of amides is 1. The molecule has 0 saturated heterocycles. The Bertz CT molecular complexity index is 444. The summed E-state index contributed by atoms with van der Waals surface area (Å²) in [6, 6.07) is 7.47. The van der Waals surface area contributed by atoms with Crippen molar-refractivity contribution in [2.45, 2.75) is 38.1 Å². The molecule has 1 amide bonds. The van der Waals surface area contributed by atoms with E-state index in [9.17, 15) is 4.79 Å². The monoisotopic (exact) mass is 311 g/mol. The molecule has 0 spiro atoms. The zero-order chi connectivity index (χ0) is 13.3. The molecule has 2 rings (SSSR count). The van der Waals surface area contributed by atoms with Crippen molar-refractivity contribution in [2.75, 3.05) is 5.32 Å². The van der Waals surface area contributed by atoms with E-state index in [-0.39, 0.29) is 17.4 Å². The highest BCUT2D eigenvalue weighted by Crippen LogP contribution is 2.51. The first-order valence-electron chi connectivity index (χ1n) is 6.14. The second-order valence-corrected chi connectivity index (χ2v) is 6.34. The number of alkyl halides is 1. The first-order valence-corrected chi connectivity index (χ1v) is 7.05.